The lowest BCUT2D eigenvalue weighted by Gasteiger charge is -2.26. The van der Waals surface area contributed by atoms with Gasteiger partial charge in [-0.3, -0.25) is 4.90 Å². The van der Waals surface area contributed by atoms with Gasteiger partial charge in [0.2, 0.25) is 0 Å². The number of hydrogen-bond acceptors (Lipinski definition) is 5. The van der Waals surface area contributed by atoms with Gasteiger partial charge in [0.1, 0.15) is 5.82 Å². The topological polar surface area (TPSA) is 74.7 Å². The van der Waals surface area contributed by atoms with Gasteiger partial charge in [0.25, 0.3) is 0 Å². The number of carboxylic acids is 1. The van der Waals surface area contributed by atoms with E-state index in [1.54, 1.807) is 19.1 Å². The van der Waals surface area contributed by atoms with Crippen molar-refractivity contribution in [3.63, 3.8) is 0 Å². The molecule has 0 saturated carbocycles. The summed E-state index contributed by atoms with van der Waals surface area (Å²) in [6, 6.07) is 3.13. The highest BCUT2D eigenvalue weighted by Crippen LogP contribution is 2.10. The summed E-state index contributed by atoms with van der Waals surface area (Å²) < 4.78 is 5.28. The van der Waals surface area contributed by atoms with Crippen molar-refractivity contribution in [1.29, 1.82) is 0 Å². The predicted molar refractivity (Wildman–Crippen MR) is 71.7 cm³/mol. The molecule has 6 heteroatoms. The van der Waals surface area contributed by atoms with Gasteiger partial charge in [-0.1, -0.05) is 0 Å². The van der Waals surface area contributed by atoms with Crippen LogP contribution in [0.15, 0.2) is 12.1 Å². The summed E-state index contributed by atoms with van der Waals surface area (Å²) in [4.78, 5) is 17.5. The standard InChI is InChI=1S/C13H19N3O3/c1-10-8-11(13(17)18)9-12(15-10)14-2-3-16-4-6-19-7-5-16/h8-9H,2-7H2,1H3,(H,14,15)(H,17,18). The van der Waals surface area contributed by atoms with Crippen molar-refractivity contribution in [1.82, 2.24) is 9.88 Å². The molecule has 104 valence electrons. The molecule has 0 aliphatic carbocycles. The van der Waals surface area contributed by atoms with E-state index in [9.17, 15) is 4.79 Å². The first-order valence-electron chi connectivity index (χ1n) is 6.41. The Labute approximate surface area is 112 Å². The maximum Gasteiger partial charge on any atom is 0.335 e. The third-order valence-electron chi connectivity index (χ3n) is 3.04. The normalized spacial score (nSPS) is 16.3. The Hall–Kier alpha value is -1.66. The first kappa shape index (κ1) is 13.8. The van der Waals surface area contributed by atoms with Crippen molar-refractivity contribution in [3.05, 3.63) is 23.4 Å². The smallest absolute Gasteiger partial charge is 0.335 e. The molecule has 2 N–H and O–H groups in total. The SMILES string of the molecule is Cc1cc(C(=O)O)cc(NCCN2CCOCC2)n1. The van der Waals surface area contributed by atoms with Crippen LogP contribution in [0, 0.1) is 6.92 Å². The Morgan fingerprint density at radius 3 is 2.89 bits per heavy atom. The molecule has 1 saturated heterocycles. The Balaban J connectivity index is 1.86. The molecule has 6 nitrogen and oxygen atoms in total. The lowest BCUT2D eigenvalue weighted by molar-refractivity contribution is 0.0398. The number of rotatable bonds is 5. The van der Waals surface area contributed by atoms with E-state index in [4.69, 9.17) is 9.84 Å². The van der Waals surface area contributed by atoms with Crippen molar-refractivity contribution < 1.29 is 14.6 Å². The molecule has 0 amide bonds. The summed E-state index contributed by atoms with van der Waals surface area (Å²) in [6.45, 7) is 6.90. The molecule has 1 aliphatic rings. The van der Waals surface area contributed by atoms with E-state index < -0.39 is 5.97 Å². The van der Waals surface area contributed by atoms with Crippen molar-refractivity contribution in [2.75, 3.05) is 44.7 Å². The molecular formula is C13H19N3O3. The van der Waals surface area contributed by atoms with Gasteiger partial charge in [-0.2, -0.15) is 0 Å². The second kappa shape index (κ2) is 6.49. The van der Waals surface area contributed by atoms with Crippen molar-refractivity contribution in [2.24, 2.45) is 0 Å². The fourth-order valence-corrected chi connectivity index (χ4v) is 2.05. The lowest BCUT2D eigenvalue weighted by atomic mass is 10.2. The molecule has 1 aliphatic heterocycles. The number of aromatic carboxylic acids is 1. The van der Waals surface area contributed by atoms with Gasteiger partial charge < -0.3 is 15.2 Å². The summed E-state index contributed by atoms with van der Waals surface area (Å²) in [6.07, 6.45) is 0. The number of ether oxygens (including phenoxy) is 1. The number of pyridine rings is 1. The fourth-order valence-electron chi connectivity index (χ4n) is 2.05. The van der Waals surface area contributed by atoms with E-state index in [0.29, 0.717) is 11.5 Å². The highest BCUT2D eigenvalue weighted by Gasteiger charge is 2.10. The number of nitrogens with one attached hydrogen (secondary N) is 1. The highest BCUT2D eigenvalue weighted by atomic mass is 16.5. The average molecular weight is 265 g/mol. The minimum atomic E-state index is -0.929. The Bertz CT molecular complexity index is 445. The second-order valence-corrected chi connectivity index (χ2v) is 4.57. The average Bonchev–Trinajstić information content (AvgIpc) is 2.39. The van der Waals surface area contributed by atoms with Crippen LogP contribution in [0.4, 0.5) is 5.82 Å². The number of morpholine rings is 1. The number of carboxylic acid groups (broad SMARTS) is 1. The van der Waals surface area contributed by atoms with Gasteiger partial charge in [-0.25, -0.2) is 9.78 Å². The number of aryl methyl sites for hydroxylation is 1. The number of hydrogen-bond donors (Lipinski definition) is 2. The molecule has 0 spiro atoms. The van der Waals surface area contributed by atoms with Gasteiger partial charge in [0.05, 0.1) is 18.8 Å². The van der Waals surface area contributed by atoms with Gasteiger partial charge in [0.15, 0.2) is 0 Å². The number of anilines is 1. The van der Waals surface area contributed by atoms with E-state index in [1.807, 2.05) is 0 Å². The van der Waals surface area contributed by atoms with E-state index in [2.05, 4.69) is 15.2 Å². The molecule has 19 heavy (non-hydrogen) atoms. The van der Waals surface area contributed by atoms with Gasteiger partial charge >= 0.3 is 5.97 Å². The molecule has 2 heterocycles. The summed E-state index contributed by atoms with van der Waals surface area (Å²) in [5, 5.41) is 12.2. The Morgan fingerprint density at radius 1 is 1.47 bits per heavy atom. The maximum atomic E-state index is 10.9. The van der Waals surface area contributed by atoms with E-state index >= 15 is 0 Å². The first-order chi connectivity index (χ1) is 9.15. The lowest BCUT2D eigenvalue weighted by Crippen LogP contribution is -2.39. The summed E-state index contributed by atoms with van der Waals surface area (Å²) in [7, 11) is 0. The Morgan fingerprint density at radius 2 is 2.21 bits per heavy atom. The fraction of sp³-hybridized carbons (Fsp3) is 0.538. The van der Waals surface area contributed by atoms with E-state index in [-0.39, 0.29) is 5.56 Å². The maximum absolute atomic E-state index is 10.9. The molecule has 0 bridgehead atoms. The van der Waals surface area contributed by atoms with Gasteiger partial charge in [-0.15, -0.1) is 0 Å². The molecule has 0 unspecified atom stereocenters. The van der Waals surface area contributed by atoms with E-state index in [1.165, 1.54) is 0 Å². The van der Waals surface area contributed by atoms with Gasteiger partial charge in [-0.05, 0) is 19.1 Å². The second-order valence-electron chi connectivity index (χ2n) is 4.57. The van der Waals surface area contributed by atoms with Crippen LogP contribution in [0.2, 0.25) is 0 Å². The molecule has 1 aromatic heterocycles. The first-order valence-corrected chi connectivity index (χ1v) is 6.41. The number of aromatic nitrogens is 1. The molecule has 2 rings (SSSR count). The third-order valence-corrected chi connectivity index (χ3v) is 3.04. The molecule has 0 radical (unpaired) electrons. The monoisotopic (exact) mass is 265 g/mol. The zero-order valence-corrected chi connectivity index (χ0v) is 11.1. The van der Waals surface area contributed by atoms with Crippen LogP contribution in [0.3, 0.4) is 0 Å². The molecule has 0 aromatic carbocycles. The molecule has 1 fully saturated rings. The minimum Gasteiger partial charge on any atom is -0.478 e. The largest absolute Gasteiger partial charge is 0.478 e. The van der Waals surface area contributed by atoms with Crippen molar-refractivity contribution in [3.8, 4) is 0 Å². The number of nitrogens with zero attached hydrogens (tertiary/aromatic N) is 2. The molecule has 1 aromatic rings. The Kier molecular flexibility index (Phi) is 4.70. The molecule has 0 atom stereocenters. The van der Waals surface area contributed by atoms with Crippen molar-refractivity contribution in [2.45, 2.75) is 6.92 Å². The van der Waals surface area contributed by atoms with Crippen molar-refractivity contribution >= 4 is 11.8 Å². The number of carbonyl (C=O) groups is 1. The molecular weight excluding hydrogens is 246 g/mol. The van der Waals surface area contributed by atoms with Crippen LogP contribution in [0.25, 0.3) is 0 Å². The van der Waals surface area contributed by atoms with Crippen LogP contribution < -0.4 is 5.32 Å². The summed E-state index contributed by atoms with van der Waals surface area (Å²) in [5.41, 5.74) is 0.968. The van der Waals surface area contributed by atoms with Crippen LogP contribution >= 0.6 is 0 Å². The predicted octanol–water partition coefficient (Wildman–Crippen LogP) is 0.832. The third kappa shape index (κ3) is 4.18. The zero-order chi connectivity index (χ0) is 13.7. The van der Waals surface area contributed by atoms with Gasteiger partial charge in [0, 0.05) is 31.9 Å². The summed E-state index contributed by atoms with van der Waals surface area (Å²) in [5.74, 6) is -0.313. The van der Waals surface area contributed by atoms with Crippen LogP contribution in [0.1, 0.15) is 16.1 Å². The van der Waals surface area contributed by atoms with E-state index in [0.717, 1.165) is 39.4 Å². The van der Waals surface area contributed by atoms with Crippen LogP contribution in [-0.4, -0.2) is 60.4 Å². The summed E-state index contributed by atoms with van der Waals surface area (Å²) >= 11 is 0. The van der Waals surface area contributed by atoms with Crippen LogP contribution in [0.5, 0.6) is 0 Å². The highest BCUT2D eigenvalue weighted by molar-refractivity contribution is 5.88. The quantitative estimate of drug-likeness (QED) is 0.821. The minimum absolute atomic E-state index is 0.265. The van der Waals surface area contributed by atoms with Crippen LogP contribution in [-0.2, 0) is 4.74 Å². The zero-order valence-electron chi connectivity index (χ0n) is 11.1.